The SMILES string of the molecule is CCOC(=O)[C@H]1O[C@@H]1C(=O)N[C@@H](CCSC)C(=O)CCCc1ccc(OC)cc1. The number of carbonyl (C=O) groups is 3. The lowest BCUT2D eigenvalue weighted by molar-refractivity contribution is -0.144. The van der Waals surface area contributed by atoms with E-state index >= 15 is 0 Å². The van der Waals surface area contributed by atoms with Crippen LogP contribution in [-0.2, 0) is 30.3 Å². The first kappa shape index (κ1) is 23.2. The molecule has 3 atom stereocenters. The number of methoxy groups -OCH3 is 1. The smallest absolute Gasteiger partial charge is 0.338 e. The van der Waals surface area contributed by atoms with E-state index in [4.69, 9.17) is 14.2 Å². The van der Waals surface area contributed by atoms with Gasteiger partial charge in [-0.25, -0.2) is 4.79 Å². The Labute approximate surface area is 175 Å². The molecule has 1 amide bonds. The number of benzene rings is 1. The van der Waals surface area contributed by atoms with Gasteiger partial charge in [-0.15, -0.1) is 0 Å². The lowest BCUT2D eigenvalue weighted by Gasteiger charge is -2.17. The molecule has 1 aliphatic heterocycles. The molecule has 0 unspecified atom stereocenters. The summed E-state index contributed by atoms with van der Waals surface area (Å²) in [6.45, 7) is 1.93. The number of aryl methyl sites for hydroxylation is 1. The Morgan fingerprint density at radius 1 is 1.21 bits per heavy atom. The van der Waals surface area contributed by atoms with Crippen LogP contribution in [0.25, 0.3) is 0 Å². The van der Waals surface area contributed by atoms with Crippen molar-refractivity contribution in [2.45, 2.75) is 50.9 Å². The third-order valence-electron chi connectivity index (χ3n) is 4.63. The summed E-state index contributed by atoms with van der Waals surface area (Å²) in [6.07, 6.45) is 2.62. The van der Waals surface area contributed by atoms with Crippen LogP contribution in [0.4, 0.5) is 0 Å². The molecule has 0 spiro atoms. The second-order valence-corrected chi connectivity index (χ2v) is 7.73. The second-order valence-electron chi connectivity index (χ2n) is 6.74. The first-order valence-electron chi connectivity index (χ1n) is 9.77. The molecule has 8 heteroatoms. The minimum absolute atomic E-state index is 0.00533. The maximum absolute atomic E-state index is 12.7. The molecule has 29 heavy (non-hydrogen) atoms. The number of epoxide rings is 1. The molecule has 1 aliphatic rings. The molecule has 1 N–H and O–H groups in total. The van der Waals surface area contributed by atoms with Crippen molar-refractivity contribution in [3.8, 4) is 5.75 Å². The summed E-state index contributed by atoms with van der Waals surface area (Å²) in [5, 5.41) is 2.75. The van der Waals surface area contributed by atoms with Crippen LogP contribution >= 0.6 is 11.8 Å². The van der Waals surface area contributed by atoms with Crippen LogP contribution in [-0.4, -0.2) is 61.6 Å². The number of rotatable bonds is 13. The molecule has 1 aromatic rings. The van der Waals surface area contributed by atoms with Gasteiger partial charge >= 0.3 is 5.97 Å². The predicted octanol–water partition coefficient (Wildman–Crippen LogP) is 2.16. The van der Waals surface area contributed by atoms with Gasteiger partial charge in [-0.3, -0.25) is 9.59 Å². The number of ether oxygens (including phenoxy) is 3. The first-order valence-corrected chi connectivity index (χ1v) is 11.2. The number of esters is 1. The molecule has 0 bridgehead atoms. The zero-order valence-electron chi connectivity index (χ0n) is 17.1. The second kappa shape index (κ2) is 11.8. The number of thioether (sulfide) groups is 1. The summed E-state index contributed by atoms with van der Waals surface area (Å²) >= 11 is 1.61. The number of hydrogen-bond donors (Lipinski definition) is 1. The van der Waals surface area contributed by atoms with E-state index in [9.17, 15) is 14.4 Å². The highest BCUT2D eigenvalue weighted by molar-refractivity contribution is 7.98. The number of nitrogens with one attached hydrogen (secondary N) is 1. The topological polar surface area (TPSA) is 94.2 Å². The third kappa shape index (κ3) is 7.36. The van der Waals surface area contributed by atoms with Gasteiger partial charge in [0.25, 0.3) is 5.91 Å². The highest BCUT2D eigenvalue weighted by Crippen LogP contribution is 2.24. The monoisotopic (exact) mass is 423 g/mol. The highest BCUT2D eigenvalue weighted by Gasteiger charge is 2.52. The lowest BCUT2D eigenvalue weighted by Crippen LogP contribution is -2.44. The number of amides is 1. The number of hydrogen-bond acceptors (Lipinski definition) is 7. The van der Waals surface area contributed by atoms with Gasteiger partial charge in [0.05, 0.1) is 19.8 Å². The standard InChI is InChI=1S/C21H29NO6S/c1-4-27-21(25)19-18(28-19)20(24)22-16(12-13-29-3)17(23)7-5-6-14-8-10-15(26-2)11-9-14/h8-11,16,18-19H,4-7,12-13H2,1-3H3,(H,22,24)/t16-,18-,19-/m0/s1. The molecular weight excluding hydrogens is 394 g/mol. The Hall–Kier alpha value is -2.06. The minimum Gasteiger partial charge on any atom is -0.497 e. The van der Waals surface area contributed by atoms with Crippen molar-refractivity contribution in [3.05, 3.63) is 29.8 Å². The fourth-order valence-electron chi connectivity index (χ4n) is 2.95. The average molecular weight is 424 g/mol. The Balaban J connectivity index is 1.82. The van der Waals surface area contributed by atoms with E-state index in [1.807, 2.05) is 30.5 Å². The van der Waals surface area contributed by atoms with E-state index in [0.29, 0.717) is 19.3 Å². The van der Waals surface area contributed by atoms with Crippen molar-refractivity contribution in [1.29, 1.82) is 0 Å². The van der Waals surface area contributed by atoms with Gasteiger partial charge < -0.3 is 19.5 Å². The van der Waals surface area contributed by atoms with E-state index in [2.05, 4.69) is 5.32 Å². The summed E-state index contributed by atoms with van der Waals surface area (Å²) in [7, 11) is 1.62. The maximum atomic E-state index is 12.7. The molecule has 0 aromatic heterocycles. The van der Waals surface area contributed by atoms with Crippen LogP contribution in [0.5, 0.6) is 5.75 Å². The van der Waals surface area contributed by atoms with Crippen molar-refractivity contribution in [3.63, 3.8) is 0 Å². The molecule has 160 valence electrons. The van der Waals surface area contributed by atoms with Gasteiger partial charge in [0, 0.05) is 6.42 Å². The van der Waals surface area contributed by atoms with Crippen LogP contribution in [0.2, 0.25) is 0 Å². The van der Waals surface area contributed by atoms with Crippen LogP contribution in [0.3, 0.4) is 0 Å². The van der Waals surface area contributed by atoms with Crippen molar-refractivity contribution >= 4 is 29.4 Å². The van der Waals surface area contributed by atoms with E-state index in [-0.39, 0.29) is 12.4 Å². The summed E-state index contributed by atoms with van der Waals surface area (Å²) in [5.74, 6) is 0.571. The summed E-state index contributed by atoms with van der Waals surface area (Å²) < 4.78 is 15.1. The molecule has 1 saturated heterocycles. The summed E-state index contributed by atoms with van der Waals surface area (Å²) in [5.41, 5.74) is 1.13. The molecule has 0 saturated carbocycles. The molecule has 0 aliphatic carbocycles. The van der Waals surface area contributed by atoms with Crippen LogP contribution in [0.15, 0.2) is 24.3 Å². The zero-order chi connectivity index (χ0) is 21.2. The Morgan fingerprint density at radius 2 is 1.93 bits per heavy atom. The Kier molecular flexibility index (Phi) is 9.47. The van der Waals surface area contributed by atoms with Crippen LogP contribution < -0.4 is 10.1 Å². The molecular formula is C21H29NO6S. The van der Waals surface area contributed by atoms with Crippen molar-refractivity contribution in [2.24, 2.45) is 0 Å². The van der Waals surface area contributed by atoms with E-state index in [1.165, 1.54) is 0 Å². The molecule has 1 aromatic carbocycles. The Bertz CT molecular complexity index is 693. The van der Waals surface area contributed by atoms with Gasteiger partial charge in [-0.1, -0.05) is 12.1 Å². The predicted molar refractivity (Wildman–Crippen MR) is 111 cm³/mol. The minimum atomic E-state index is -0.863. The quantitative estimate of drug-likeness (QED) is 0.384. The van der Waals surface area contributed by atoms with Crippen molar-refractivity contribution in [2.75, 3.05) is 25.7 Å². The number of Topliss-reactive ketones (excluding diaryl/α,β-unsaturated/α-hetero) is 1. The van der Waals surface area contributed by atoms with Crippen molar-refractivity contribution < 1.29 is 28.6 Å². The van der Waals surface area contributed by atoms with Gasteiger partial charge in [0.1, 0.15) is 5.75 Å². The normalized spacial score (nSPS) is 18.6. The molecule has 1 fully saturated rings. The third-order valence-corrected chi connectivity index (χ3v) is 5.28. The van der Waals surface area contributed by atoms with Gasteiger partial charge in [0.15, 0.2) is 18.0 Å². The lowest BCUT2D eigenvalue weighted by atomic mass is 10.0. The average Bonchev–Trinajstić information content (AvgIpc) is 3.53. The number of carbonyl (C=O) groups excluding carboxylic acids is 3. The van der Waals surface area contributed by atoms with Gasteiger partial charge in [0.2, 0.25) is 0 Å². The highest BCUT2D eigenvalue weighted by atomic mass is 32.2. The van der Waals surface area contributed by atoms with Crippen molar-refractivity contribution in [1.82, 2.24) is 5.32 Å². The first-order chi connectivity index (χ1) is 14.0. The summed E-state index contributed by atoms with van der Waals surface area (Å²) in [6, 6.07) is 7.19. The fourth-order valence-corrected chi connectivity index (χ4v) is 3.42. The van der Waals surface area contributed by atoms with E-state index in [1.54, 1.807) is 25.8 Å². The van der Waals surface area contributed by atoms with Gasteiger partial charge in [-0.05, 0) is 55.9 Å². The molecule has 2 rings (SSSR count). The zero-order valence-corrected chi connectivity index (χ0v) is 18.0. The van der Waals surface area contributed by atoms with E-state index < -0.39 is 30.1 Å². The van der Waals surface area contributed by atoms with Gasteiger partial charge in [-0.2, -0.15) is 11.8 Å². The fraction of sp³-hybridized carbons (Fsp3) is 0.571. The Morgan fingerprint density at radius 3 is 2.55 bits per heavy atom. The van der Waals surface area contributed by atoms with Crippen LogP contribution in [0, 0.1) is 0 Å². The van der Waals surface area contributed by atoms with Crippen LogP contribution in [0.1, 0.15) is 31.7 Å². The molecule has 0 radical (unpaired) electrons. The molecule has 7 nitrogen and oxygen atoms in total. The largest absolute Gasteiger partial charge is 0.497 e. The molecule has 1 heterocycles. The maximum Gasteiger partial charge on any atom is 0.338 e. The number of ketones is 1. The summed E-state index contributed by atoms with van der Waals surface area (Å²) in [4.78, 5) is 36.6. The van der Waals surface area contributed by atoms with E-state index in [0.717, 1.165) is 23.5 Å².